The Morgan fingerprint density at radius 2 is 2.29 bits per heavy atom. The van der Waals surface area contributed by atoms with Crippen molar-refractivity contribution in [2.24, 2.45) is 0 Å². The second-order valence-corrected chi connectivity index (χ2v) is 4.57. The molecule has 4 atom stereocenters. The lowest BCUT2D eigenvalue weighted by atomic mass is 9.93. The minimum absolute atomic E-state index is 0.676. The lowest BCUT2D eigenvalue weighted by Gasteiger charge is -2.27. The molecule has 8 nitrogen and oxygen atoms in total. The van der Waals surface area contributed by atoms with E-state index in [1.807, 2.05) is 4.98 Å². The number of ether oxygens (including phenoxy) is 1. The van der Waals surface area contributed by atoms with Crippen molar-refractivity contribution < 1.29 is 24.4 Å². The van der Waals surface area contributed by atoms with Gasteiger partial charge in [0.15, 0.2) is 17.9 Å². The maximum absolute atomic E-state index is 14.3. The van der Waals surface area contributed by atoms with E-state index in [1.54, 1.807) is 0 Å². The van der Waals surface area contributed by atoms with Gasteiger partial charge in [-0.2, -0.15) is 0 Å². The molecule has 21 heavy (non-hydrogen) atoms. The molecular formula is C12H13FN2O6. The van der Waals surface area contributed by atoms with Gasteiger partial charge in [-0.15, -0.1) is 5.73 Å². The molecule has 1 saturated heterocycles. The van der Waals surface area contributed by atoms with Gasteiger partial charge in [-0.1, -0.05) is 6.58 Å². The van der Waals surface area contributed by atoms with Crippen LogP contribution < -0.4 is 11.2 Å². The molecule has 2 rings (SSSR count). The van der Waals surface area contributed by atoms with Crippen LogP contribution in [0, 0.1) is 0 Å². The Morgan fingerprint density at radius 3 is 2.81 bits per heavy atom. The summed E-state index contributed by atoms with van der Waals surface area (Å²) in [6, 6.07) is 0.951. The van der Waals surface area contributed by atoms with E-state index in [-0.39, 0.29) is 0 Å². The molecular weight excluding hydrogens is 287 g/mol. The molecule has 114 valence electrons. The number of alkyl halides is 1. The number of H-pyrrole nitrogens is 1. The Balaban J connectivity index is 2.63. The number of aliphatic hydroxyl groups is 3. The number of halogens is 1. The van der Waals surface area contributed by atoms with E-state index in [1.165, 1.54) is 0 Å². The topological polar surface area (TPSA) is 125 Å². The fraction of sp³-hybridized carbons (Fsp3) is 0.417. The van der Waals surface area contributed by atoms with E-state index in [0.29, 0.717) is 4.57 Å². The number of aromatic amines is 1. The standard InChI is InChI=1S/C12H13FN2O6/c1-2-4-11(20)8(18)12(13,6-16)21-9(11)15-5-3-7(17)14-10(15)19/h3-5,8-9,16,18,20H,1,6H2,(H,14,17,19)/t8-,9+,11+,12+/m0/s1. The van der Waals surface area contributed by atoms with Crippen molar-refractivity contribution in [1.82, 2.24) is 9.55 Å². The summed E-state index contributed by atoms with van der Waals surface area (Å²) >= 11 is 0. The summed E-state index contributed by atoms with van der Waals surface area (Å²) in [4.78, 5) is 24.7. The predicted molar refractivity (Wildman–Crippen MR) is 67.0 cm³/mol. The third-order valence-electron chi connectivity index (χ3n) is 3.20. The third kappa shape index (κ3) is 2.27. The number of aliphatic hydroxyl groups excluding tert-OH is 2. The van der Waals surface area contributed by atoms with Crippen LogP contribution in [0.3, 0.4) is 0 Å². The van der Waals surface area contributed by atoms with Gasteiger partial charge in [-0.3, -0.25) is 14.3 Å². The largest absolute Gasteiger partial charge is 0.390 e. The van der Waals surface area contributed by atoms with Gasteiger partial charge < -0.3 is 20.1 Å². The van der Waals surface area contributed by atoms with Gasteiger partial charge in [0.1, 0.15) is 6.61 Å². The van der Waals surface area contributed by atoms with Crippen LogP contribution in [0.4, 0.5) is 4.39 Å². The highest BCUT2D eigenvalue weighted by Crippen LogP contribution is 2.45. The maximum atomic E-state index is 14.3. The summed E-state index contributed by atoms with van der Waals surface area (Å²) in [6.07, 6.45) is -2.16. The minimum atomic E-state index is -3.00. The second kappa shape index (κ2) is 5.06. The van der Waals surface area contributed by atoms with Gasteiger partial charge in [0.05, 0.1) is 0 Å². The molecule has 0 amide bonds. The highest BCUT2D eigenvalue weighted by atomic mass is 19.2. The van der Waals surface area contributed by atoms with E-state index in [2.05, 4.69) is 12.3 Å². The summed E-state index contributed by atoms with van der Waals surface area (Å²) in [6.45, 7) is 1.95. The summed E-state index contributed by atoms with van der Waals surface area (Å²) in [5.41, 5.74) is -1.93. The molecule has 9 heteroatoms. The van der Waals surface area contributed by atoms with Crippen molar-refractivity contribution >= 4 is 0 Å². The Kier molecular flexibility index (Phi) is 3.70. The fourth-order valence-electron chi connectivity index (χ4n) is 2.15. The quantitative estimate of drug-likeness (QED) is 0.486. The number of hydrogen-bond donors (Lipinski definition) is 4. The summed E-state index contributed by atoms with van der Waals surface area (Å²) < 4.78 is 19.7. The Hall–Kier alpha value is -2.03. The summed E-state index contributed by atoms with van der Waals surface area (Å²) in [5.74, 6) is -3.00. The fourth-order valence-corrected chi connectivity index (χ4v) is 2.15. The number of hydrogen-bond acceptors (Lipinski definition) is 6. The summed E-state index contributed by atoms with van der Waals surface area (Å²) in [5, 5.41) is 29.3. The lowest BCUT2D eigenvalue weighted by molar-refractivity contribution is -0.207. The van der Waals surface area contributed by atoms with Crippen LogP contribution in [-0.2, 0) is 4.74 Å². The molecule has 1 aromatic rings. The molecule has 0 radical (unpaired) electrons. The van der Waals surface area contributed by atoms with Gasteiger partial charge >= 0.3 is 5.69 Å². The van der Waals surface area contributed by atoms with Crippen molar-refractivity contribution in [3.63, 3.8) is 0 Å². The Morgan fingerprint density at radius 1 is 1.62 bits per heavy atom. The second-order valence-electron chi connectivity index (χ2n) is 4.57. The van der Waals surface area contributed by atoms with Crippen molar-refractivity contribution in [2.75, 3.05) is 6.61 Å². The van der Waals surface area contributed by atoms with Crippen LogP contribution in [0.2, 0.25) is 0 Å². The first-order valence-corrected chi connectivity index (χ1v) is 5.85. The van der Waals surface area contributed by atoms with Gasteiger partial charge in [0.25, 0.3) is 11.4 Å². The average Bonchev–Trinajstić information content (AvgIpc) is 2.62. The van der Waals surface area contributed by atoms with Crippen LogP contribution in [0.15, 0.2) is 40.2 Å². The predicted octanol–water partition coefficient (Wildman–Crippen LogP) is -1.84. The monoisotopic (exact) mass is 300 g/mol. The van der Waals surface area contributed by atoms with Crippen LogP contribution in [-0.4, -0.2) is 49.0 Å². The number of aromatic nitrogens is 2. The van der Waals surface area contributed by atoms with Crippen molar-refractivity contribution in [1.29, 1.82) is 0 Å². The van der Waals surface area contributed by atoms with Gasteiger partial charge in [-0.05, 0) is 6.08 Å². The molecule has 4 N–H and O–H groups in total. The third-order valence-corrected chi connectivity index (χ3v) is 3.20. The van der Waals surface area contributed by atoms with Crippen LogP contribution in [0.5, 0.6) is 0 Å². The molecule has 1 aliphatic rings. The molecule has 0 spiro atoms. The van der Waals surface area contributed by atoms with E-state index in [9.17, 15) is 24.2 Å². The van der Waals surface area contributed by atoms with Crippen molar-refractivity contribution in [3.05, 3.63) is 51.5 Å². The number of nitrogens with zero attached hydrogens (tertiary/aromatic N) is 1. The molecule has 1 aliphatic heterocycles. The number of rotatable bonds is 3. The van der Waals surface area contributed by atoms with E-state index >= 15 is 0 Å². The summed E-state index contributed by atoms with van der Waals surface area (Å²) in [7, 11) is 0. The minimum Gasteiger partial charge on any atom is -0.390 e. The zero-order valence-electron chi connectivity index (χ0n) is 10.7. The van der Waals surface area contributed by atoms with Gasteiger partial charge in [-0.25, -0.2) is 9.18 Å². The zero-order valence-corrected chi connectivity index (χ0v) is 10.7. The molecule has 0 aromatic carbocycles. The molecule has 0 saturated carbocycles. The first-order valence-electron chi connectivity index (χ1n) is 5.85. The number of nitrogens with one attached hydrogen (secondary N) is 1. The molecule has 1 aromatic heterocycles. The zero-order chi connectivity index (χ0) is 15.8. The maximum Gasteiger partial charge on any atom is 0.330 e. The van der Waals surface area contributed by atoms with Crippen LogP contribution in [0.1, 0.15) is 6.23 Å². The average molecular weight is 300 g/mol. The van der Waals surface area contributed by atoms with E-state index in [4.69, 9.17) is 9.84 Å². The lowest BCUT2D eigenvalue weighted by Crippen LogP contribution is -2.50. The highest BCUT2D eigenvalue weighted by molar-refractivity contribution is 5.15. The smallest absolute Gasteiger partial charge is 0.330 e. The van der Waals surface area contributed by atoms with Crippen molar-refractivity contribution in [2.45, 2.75) is 23.8 Å². The Bertz CT molecular complexity index is 708. The molecule has 0 unspecified atom stereocenters. The highest BCUT2D eigenvalue weighted by Gasteiger charge is 2.64. The van der Waals surface area contributed by atoms with E-state index in [0.717, 1.165) is 18.3 Å². The molecule has 2 heterocycles. The first kappa shape index (κ1) is 15.4. The van der Waals surface area contributed by atoms with Crippen LogP contribution in [0.25, 0.3) is 0 Å². The van der Waals surface area contributed by atoms with Gasteiger partial charge in [0, 0.05) is 12.3 Å². The molecule has 1 fully saturated rings. The normalized spacial score (nSPS) is 35.4. The van der Waals surface area contributed by atoms with E-state index < -0.39 is 41.6 Å². The SMILES string of the molecule is C=C=C[C@]1(O)[C@H](n2ccc(=O)[nH]c2=O)O[C@](F)(CO)[C@H]1O. The Labute approximate surface area is 117 Å². The van der Waals surface area contributed by atoms with Gasteiger partial charge in [0.2, 0.25) is 0 Å². The molecule has 0 bridgehead atoms. The first-order chi connectivity index (χ1) is 9.78. The van der Waals surface area contributed by atoms with Crippen molar-refractivity contribution in [3.8, 4) is 0 Å². The van der Waals surface area contributed by atoms with Crippen LogP contribution >= 0.6 is 0 Å². The molecule has 0 aliphatic carbocycles.